The largest absolute Gasteiger partial charge is 0.480 e. The lowest BCUT2D eigenvalue weighted by Crippen LogP contribution is -2.51. The van der Waals surface area contributed by atoms with Crippen molar-refractivity contribution in [3.8, 4) is 0 Å². The van der Waals surface area contributed by atoms with Gasteiger partial charge < -0.3 is 19.9 Å². The molecule has 0 spiro atoms. The first-order valence-electron chi connectivity index (χ1n) is 9.60. The predicted octanol–water partition coefficient (Wildman–Crippen LogP) is 1.99. The maximum absolute atomic E-state index is 13.3. The summed E-state index contributed by atoms with van der Waals surface area (Å²) in [5.74, 6) is -7.28. The van der Waals surface area contributed by atoms with Crippen LogP contribution in [0.4, 0.5) is 0 Å². The smallest absolute Gasteiger partial charge is 0.326 e. The fourth-order valence-corrected chi connectivity index (χ4v) is 3.41. The Morgan fingerprint density at radius 3 is 1.58 bits per heavy atom. The molecule has 8 nitrogen and oxygen atoms in total. The molecule has 8 heteroatoms. The Morgan fingerprint density at radius 1 is 0.806 bits per heavy atom. The molecule has 2 aromatic carbocycles. The third-order valence-corrected chi connectivity index (χ3v) is 5.05. The van der Waals surface area contributed by atoms with Gasteiger partial charge in [0.1, 0.15) is 6.04 Å². The lowest BCUT2D eigenvalue weighted by molar-refractivity contribution is -0.163. The highest BCUT2D eigenvalue weighted by molar-refractivity contribution is 5.97. The number of carbonyl (C=O) groups excluding carboxylic acids is 3. The van der Waals surface area contributed by atoms with Gasteiger partial charge in [0.2, 0.25) is 5.91 Å². The van der Waals surface area contributed by atoms with Crippen LogP contribution in [-0.2, 0) is 28.7 Å². The molecule has 2 aromatic rings. The van der Waals surface area contributed by atoms with Crippen LogP contribution >= 0.6 is 0 Å². The lowest BCUT2D eigenvalue weighted by atomic mass is 9.85. The van der Waals surface area contributed by atoms with Crippen LogP contribution in [-0.4, -0.2) is 49.2 Å². The summed E-state index contributed by atoms with van der Waals surface area (Å²) in [7, 11) is 2.17. The predicted molar refractivity (Wildman–Crippen MR) is 111 cm³/mol. The van der Waals surface area contributed by atoms with Crippen LogP contribution in [0.1, 0.15) is 24.0 Å². The molecule has 164 valence electrons. The number of hydrogen-bond donors (Lipinski definition) is 2. The van der Waals surface area contributed by atoms with Gasteiger partial charge in [-0.05, 0) is 11.1 Å². The van der Waals surface area contributed by atoms with Gasteiger partial charge in [0, 0.05) is 5.92 Å². The second kappa shape index (κ2) is 10.9. The molecule has 1 amide bonds. The number of carbonyl (C=O) groups is 4. The van der Waals surface area contributed by atoms with Crippen LogP contribution in [0.2, 0.25) is 0 Å². The molecule has 2 rings (SSSR count). The molecule has 0 aliphatic rings. The number of amides is 1. The SMILES string of the molecule is COC(=O)C(C(=O)OC)[C@@H](C)[C@H](NC(=O)C(c1ccccc1)c1ccccc1)C(=O)O. The van der Waals surface area contributed by atoms with Crippen molar-refractivity contribution in [1.82, 2.24) is 5.32 Å². The van der Waals surface area contributed by atoms with Gasteiger partial charge in [0.05, 0.1) is 20.1 Å². The van der Waals surface area contributed by atoms with Crippen molar-refractivity contribution in [3.63, 3.8) is 0 Å². The Bertz CT molecular complexity index is 859. The molecule has 0 heterocycles. The molecule has 0 saturated carbocycles. The first-order valence-corrected chi connectivity index (χ1v) is 9.60. The van der Waals surface area contributed by atoms with Gasteiger partial charge in [-0.1, -0.05) is 67.6 Å². The third kappa shape index (κ3) is 5.69. The molecule has 0 fully saturated rings. The second-order valence-electron chi connectivity index (χ2n) is 6.96. The van der Waals surface area contributed by atoms with E-state index in [1.165, 1.54) is 6.92 Å². The molecular weight excluding hydrogens is 402 g/mol. The zero-order valence-corrected chi connectivity index (χ0v) is 17.5. The minimum Gasteiger partial charge on any atom is -0.480 e. The minimum absolute atomic E-state index is 0.579. The molecule has 2 atom stereocenters. The quantitative estimate of drug-likeness (QED) is 0.464. The summed E-state index contributed by atoms with van der Waals surface area (Å²) in [5.41, 5.74) is 1.33. The zero-order chi connectivity index (χ0) is 23.0. The summed E-state index contributed by atoms with van der Waals surface area (Å²) in [6.45, 7) is 1.37. The van der Waals surface area contributed by atoms with Crippen LogP contribution in [0.3, 0.4) is 0 Å². The van der Waals surface area contributed by atoms with Crippen molar-refractivity contribution >= 4 is 23.8 Å². The fourth-order valence-electron chi connectivity index (χ4n) is 3.41. The van der Waals surface area contributed by atoms with Gasteiger partial charge in [0.25, 0.3) is 0 Å². The van der Waals surface area contributed by atoms with Crippen LogP contribution in [0.15, 0.2) is 60.7 Å². The number of rotatable bonds is 9. The molecule has 0 radical (unpaired) electrons. The first-order chi connectivity index (χ1) is 14.8. The van der Waals surface area contributed by atoms with E-state index < -0.39 is 47.6 Å². The van der Waals surface area contributed by atoms with Crippen molar-refractivity contribution in [1.29, 1.82) is 0 Å². The summed E-state index contributed by atoms with van der Waals surface area (Å²) >= 11 is 0. The van der Waals surface area contributed by atoms with E-state index in [4.69, 9.17) is 0 Å². The van der Waals surface area contributed by atoms with Crippen LogP contribution in [0.25, 0.3) is 0 Å². The van der Waals surface area contributed by atoms with E-state index in [1.807, 2.05) is 12.1 Å². The van der Waals surface area contributed by atoms with Crippen LogP contribution in [0.5, 0.6) is 0 Å². The molecule has 0 aliphatic heterocycles. The van der Waals surface area contributed by atoms with Crippen LogP contribution in [0, 0.1) is 11.8 Å². The molecule has 0 saturated heterocycles. The molecule has 0 unspecified atom stereocenters. The number of methoxy groups -OCH3 is 2. The molecule has 31 heavy (non-hydrogen) atoms. The molecule has 0 aromatic heterocycles. The van der Waals surface area contributed by atoms with E-state index in [0.717, 1.165) is 14.2 Å². The second-order valence-corrected chi connectivity index (χ2v) is 6.96. The van der Waals surface area contributed by atoms with Gasteiger partial charge in [-0.3, -0.25) is 14.4 Å². The van der Waals surface area contributed by atoms with E-state index in [9.17, 15) is 24.3 Å². The normalized spacial score (nSPS) is 12.7. The Labute approximate surface area is 180 Å². The number of carboxylic acids is 1. The fraction of sp³-hybridized carbons (Fsp3) is 0.304. The lowest BCUT2D eigenvalue weighted by Gasteiger charge is -2.28. The van der Waals surface area contributed by atoms with E-state index >= 15 is 0 Å². The van der Waals surface area contributed by atoms with Crippen molar-refractivity contribution in [2.24, 2.45) is 11.8 Å². The Hall–Kier alpha value is -3.68. The number of benzene rings is 2. The molecular formula is C23H25NO7. The van der Waals surface area contributed by atoms with Gasteiger partial charge in [0.15, 0.2) is 5.92 Å². The maximum atomic E-state index is 13.3. The third-order valence-electron chi connectivity index (χ3n) is 5.05. The summed E-state index contributed by atoms with van der Waals surface area (Å²) < 4.78 is 9.26. The Kier molecular flexibility index (Phi) is 8.31. The van der Waals surface area contributed by atoms with Crippen molar-refractivity contribution in [2.75, 3.05) is 14.2 Å². The Balaban J connectivity index is 2.39. The molecule has 0 bridgehead atoms. The van der Waals surface area contributed by atoms with Gasteiger partial charge in [-0.2, -0.15) is 0 Å². The van der Waals surface area contributed by atoms with Crippen molar-refractivity contribution in [2.45, 2.75) is 18.9 Å². The minimum atomic E-state index is -1.54. The van der Waals surface area contributed by atoms with E-state index in [2.05, 4.69) is 14.8 Å². The first kappa shape index (κ1) is 23.6. The van der Waals surface area contributed by atoms with Crippen molar-refractivity contribution in [3.05, 3.63) is 71.8 Å². The summed E-state index contributed by atoms with van der Waals surface area (Å²) in [4.78, 5) is 49.5. The number of ether oxygens (including phenoxy) is 2. The number of carboxylic acid groups (broad SMARTS) is 1. The highest BCUT2D eigenvalue weighted by Gasteiger charge is 2.42. The average Bonchev–Trinajstić information content (AvgIpc) is 2.78. The zero-order valence-electron chi connectivity index (χ0n) is 17.5. The standard InChI is InChI=1S/C23H25NO7/c1-14(17(22(28)30-2)23(29)31-3)19(21(26)27)24-20(25)18(15-10-6-4-7-11-15)16-12-8-5-9-13-16/h4-14,17-19H,1-3H3,(H,24,25)(H,26,27)/t14-,19+/m1/s1. The topological polar surface area (TPSA) is 119 Å². The summed E-state index contributed by atoms with van der Waals surface area (Å²) in [6, 6.07) is 16.3. The molecule has 2 N–H and O–H groups in total. The number of esters is 2. The summed E-state index contributed by atoms with van der Waals surface area (Å²) in [6.07, 6.45) is 0. The number of hydrogen-bond acceptors (Lipinski definition) is 6. The number of nitrogens with one attached hydrogen (secondary N) is 1. The van der Waals surface area contributed by atoms with Gasteiger partial charge in [-0.15, -0.1) is 0 Å². The van der Waals surface area contributed by atoms with E-state index in [-0.39, 0.29) is 0 Å². The Morgan fingerprint density at radius 2 is 1.23 bits per heavy atom. The monoisotopic (exact) mass is 427 g/mol. The average molecular weight is 427 g/mol. The van der Waals surface area contributed by atoms with Gasteiger partial charge in [-0.25, -0.2) is 4.79 Å². The van der Waals surface area contributed by atoms with Crippen LogP contribution < -0.4 is 5.32 Å². The summed E-state index contributed by atoms with van der Waals surface area (Å²) in [5, 5.41) is 12.3. The van der Waals surface area contributed by atoms with E-state index in [0.29, 0.717) is 11.1 Å². The highest BCUT2D eigenvalue weighted by atomic mass is 16.5. The number of aliphatic carboxylic acids is 1. The maximum Gasteiger partial charge on any atom is 0.326 e. The van der Waals surface area contributed by atoms with E-state index in [1.54, 1.807) is 48.5 Å². The highest BCUT2D eigenvalue weighted by Crippen LogP contribution is 2.26. The molecule has 0 aliphatic carbocycles. The van der Waals surface area contributed by atoms with Gasteiger partial charge >= 0.3 is 17.9 Å². The van der Waals surface area contributed by atoms with Crippen molar-refractivity contribution < 1.29 is 33.8 Å².